The van der Waals surface area contributed by atoms with Gasteiger partial charge in [-0.25, -0.2) is 0 Å². The molecule has 0 heterocycles. The first kappa shape index (κ1) is 12.2. The second-order valence-electron chi connectivity index (χ2n) is 5.87. The SMILES string of the molecule is CCN(CC1CCC1)C1CC(N)c2ccccc21. The monoisotopic (exact) mass is 244 g/mol. The van der Waals surface area contributed by atoms with Gasteiger partial charge in [-0.3, -0.25) is 4.90 Å². The Hall–Kier alpha value is -0.860. The van der Waals surface area contributed by atoms with Crippen molar-refractivity contribution in [1.82, 2.24) is 4.90 Å². The maximum atomic E-state index is 6.28. The average molecular weight is 244 g/mol. The second kappa shape index (κ2) is 5.02. The molecule has 1 saturated carbocycles. The van der Waals surface area contributed by atoms with Crippen molar-refractivity contribution < 1.29 is 0 Å². The molecule has 3 rings (SSSR count). The van der Waals surface area contributed by atoms with Gasteiger partial charge in [0.2, 0.25) is 0 Å². The van der Waals surface area contributed by atoms with Crippen molar-refractivity contribution in [2.45, 2.75) is 44.7 Å². The Kier molecular flexibility index (Phi) is 3.40. The fraction of sp³-hybridized carbons (Fsp3) is 0.625. The van der Waals surface area contributed by atoms with E-state index in [-0.39, 0.29) is 6.04 Å². The fourth-order valence-electron chi connectivity index (χ4n) is 3.48. The maximum Gasteiger partial charge on any atom is 0.0369 e. The molecule has 1 aromatic carbocycles. The lowest BCUT2D eigenvalue weighted by Gasteiger charge is -2.35. The first-order valence-electron chi connectivity index (χ1n) is 7.38. The Balaban J connectivity index is 1.78. The average Bonchev–Trinajstić information content (AvgIpc) is 2.67. The van der Waals surface area contributed by atoms with Gasteiger partial charge in [0.05, 0.1) is 0 Å². The van der Waals surface area contributed by atoms with Crippen LogP contribution >= 0.6 is 0 Å². The normalized spacial score (nSPS) is 27.3. The number of benzene rings is 1. The molecule has 0 saturated heterocycles. The molecule has 2 nitrogen and oxygen atoms in total. The van der Waals surface area contributed by atoms with Crippen LogP contribution in [0.5, 0.6) is 0 Å². The highest BCUT2D eigenvalue weighted by Gasteiger charge is 2.33. The van der Waals surface area contributed by atoms with Crippen molar-refractivity contribution in [2.75, 3.05) is 13.1 Å². The van der Waals surface area contributed by atoms with Crippen LogP contribution in [0.25, 0.3) is 0 Å². The van der Waals surface area contributed by atoms with Crippen LogP contribution in [0.15, 0.2) is 24.3 Å². The van der Waals surface area contributed by atoms with Crippen LogP contribution < -0.4 is 5.73 Å². The molecule has 2 heteroatoms. The van der Waals surface area contributed by atoms with Gasteiger partial charge in [-0.05, 0) is 42.9 Å². The lowest BCUT2D eigenvalue weighted by atomic mass is 9.84. The van der Waals surface area contributed by atoms with E-state index in [1.54, 1.807) is 0 Å². The molecule has 0 aromatic heterocycles. The standard InChI is InChI=1S/C16H24N2/c1-2-18(11-12-6-5-7-12)16-10-15(17)13-8-3-4-9-14(13)16/h3-4,8-9,12,15-16H,2,5-7,10-11,17H2,1H3. The molecule has 18 heavy (non-hydrogen) atoms. The van der Waals surface area contributed by atoms with Gasteiger partial charge in [0.15, 0.2) is 0 Å². The van der Waals surface area contributed by atoms with Crippen LogP contribution in [0.1, 0.15) is 55.8 Å². The van der Waals surface area contributed by atoms with Crippen molar-refractivity contribution in [3.05, 3.63) is 35.4 Å². The molecule has 1 fully saturated rings. The number of hydrogen-bond donors (Lipinski definition) is 1. The van der Waals surface area contributed by atoms with Crippen molar-refractivity contribution in [2.24, 2.45) is 11.7 Å². The Morgan fingerprint density at radius 2 is 1.94 bits per heavy atom. The van der Waals surface area contributed by atoms with Crippen LogP contribution in [0.4, 0.5) is 0 Å². The highest BCUT2D eigenvalue weighted by molar-refractivity contribution is 5.37. The number of nitrogens with two attached hydrogens (primary N) is 1. The Labute approximate surface area is 110 Å². The molecule has 2 unspecified atom stereocenters. The number of fused-ring (bicyclic) bond motifs is 1. The smallest absolute Gasteiger partial charge is 0.0369 e. The van der Waals surface area contributed by atoms with E-state index < -0.39 is 0 Å². The summed E-state index contributed by atoms with van der Waals surface area (Å²) in [6.45, 7) is 4.69. The summed E-state index contributed by atoms with van der Waals surface area (Å²) in [4.78, 5) is 2.65. The summed E-state index contributed by atoms with van der Waals surface area (Å²) in [5.41, 5.74) is 9.13. The van der Waals surface area contributed by atoms with Gasteiger partial charge in [0.1, 0.15) is 0 Å². The topological polar surface area (TPSA) is 29.3 Å². The zero-order valence-corrected chi connectivity index (χ0v) is 11.3. The van der Waals surface area contributed by atoms with Gasteiger partial charge in [0.25, 0.3) is 0 Å². The number of hydrogen-bond acceptors (Lipinski definition) is 2. The van der Waals surface area contributed by atoms with Crippen LogP contribution in [-0.2, 0) is 0 Å². The van der Waals surface area contributed by atoms with Crippen molar-refractivity contribution in [3.63, 3.8) is 0 Å². The first-order chi connectivity index (χ1) is 8.79. The summed E-state index contributed by atoms with van der Waals surface area (Å²) in [6.07, 6.45) is 5.39. The summed E-state index contributed by atoms with van der Waals surface area (Å²) >= 11 is 0. The Bertz CT molecular complexity index is 411. The van der Waals surface area contributed by atoms with Crippen LogP contribution in [-0.4, -0.2) is 18.0 Å². The van der Waals surface area contributed by atoms with Crippen molar-refractivity contribution in [3.8, 4) is 0 Å². The molecule has 2 N–H and O–H groups in total. The van der Waals surface area contributed by atoms with Crippen LogP contribution in [0, 0.1) is 5.92 Å². The highest BCUT2D eigenvalue weighted by Crippen LogP contribution is 2.42. The maximum absolute atomic E-state index is 6.28. The molecular weight excluding hydrogens is 220 g/mol. The van der Waals surface area contributed by atoms with Gasteiger partial charge >= 0.3 is 0 Å². The van der Waals surface area contributed by atoms with Gasteiger partial charge in [0, 0.05) is 18.6 Å². The summed E-state index contributed by atoms with van der Waals surface area (Å²) < 4.78 is 0. The summed E-state index contributed by atoms with van der Waals surface area (Å²) in [5.74, 6) is 0.939. The summed E-state index contributed by atoms with van der Waals surface area (Å²) in [7, 11) is 0. The third-order valence-corrected chi connectivity index (χ3v) is 4.80. The van der Waals surface area contributed by atoms with E-state index in [9.17, 15) is 0 Å². The van der Waals surface area contributed by atoms with E-state index in [2.05, 4.69) is 36.1 Å². The van der Waals surface area contributed by atoms with Gasteiger partial charge in [-0.2, -0.15) is 0 Å². The van der Waals surface area contributed by atoms with Crippen LogP contribution in [0.2, 0.25) is 0 Å². The molecule has 1 aromatic rings. The lowest BCUT2D eigenvalue weighted by molar-refractivity contribution is 0.135. The molecule has 0 spiro atoms. The van der Waals surface area contributed by atoms with E-state index in [1.165, 1.54) is 36.9 Å². The predicted molar refractivity (Wildman–Crippen MR) is 75.3 cm³/mol. The largest absolute Gasteiger partial charge is 0.324 e. The number of rotatable bonds is 4. The minimum atomic E-state index is 0.238. The lowest BCUT2D eigenvalue weighted by Crippen LogP contribution is -2.35. The molecule has 0 aliphatic heterocycles. The number of nitrogens with zero attached hydrogens (tertiary/aromatic N) is 1. The summed E-state index contributed by atoms with van der Waals surface area (Å²) in [6, 6.07) is 9.54. The molecule has 2 atom stereocenters. The zero-order valence-electron chi connectivity index (χ0n) is 11.3. The zero-order chi connectivity index (χ0) is 12.5. The quantitative estimate of drug-likeness (QED) is 0.881. The molecule has 0 radical (unpaired) electrons. The van der Waals surface area contributed by atoms with E-state index in [0.717, 1.165) is 18.9 Å². The van der Waals surface area contributed by atoms with Crippen LogP contribution in [0.3, 0.4) is 0 Å². The van der Waals surface area contributed by atoms with E-state index in [0.29, 0.717) is 6.04 Å². The first-order valence-corrected chi connectivity index (χ1v) is 7.38. The Morgan fingerprint density at radius 1 is 1.22 bits per heavy atom. The third kappa shape index (κ3) is 2.08. The Morgan fingerprint density at radius 3 is 2.56 bits per heavy atom. The van der Waals surface area contributed by atoms with Crippen molar-refractivity contribution in [1.29, 1.82) is 0 Å². The highest BCUT2D eigenvalue weighted by atomic mass is 15.2. The van der Waals surface area contributed by atoms with Gasteiger partial charge in [-0.15, -0.1) is 0 Å². The second-order valence-corrected chi connectivity index (χ2v) is 5.87. The van der Waals surface area contributed by atoms with Gasteiger partial charge in [-0.1, -0.05) is 37.6 Å². The third-order valence-electron chi connectivity index (χ3n) is 4.80. The molecule has 98 valence electrons. The molecule has 0 bridgehead atoms. The van der Waals surface area contributed by atoms with Crippen molar-refractivity contribution >= 4 is 0 Å². The molecule has 0 amide bonds. The van der Waals surface area contributed by atoms with Gasteiger partial charge < -0.3 is 5.73 Å². The fourth-order valence-corrected chi connectivity index (χ4v) is 3.48. The minimum absolute atomic E-state index is 0.238. The molecular formula is C16H24N2. The molecule has 2 aliphatic carbocycles. The predicted octanol–water partition coefficient (Wildman–Crippen LogP) is 3.25. The summed E-state index contributed by atoms with van der Waals surface area (Å²) in [5, 5.41) is 0. The minimum Gasteiger partial charge on any atom is -0.324 e. The van der Waals surface area contributed by atoms with E-state index in [4.69, 9.17) is 5.73 Å². The van der Waals surface area contributed by atoms with E-state index in [1.807, 2.05) is 0 Å². The van der Waals surface area contributed by atoms with E-state index >= 15 is 0 Å². The molecule has 2 aliphatic rings.